The maximum Gasteiger partial charge on any atom is 0.0537 e. The van der Waals surface area contributed by atoms with Crippen molar-refractivity contribution in [2.24, 2.45) is 0 Å². The molecule has 1 unspecified atom stereocenters. The largest absolute Gasteiger partial charge is 0.314 e. The summed E-state index contributed by atoms with van der Waals surface area (Å²) in [4.78, 5) is 0. The highest BCUT2D eigenvalue weighted by Gasteiger charge is 2.10. The molecule has 0 radical (unpaired) electrons. The number of nitrogens with zero attached hydrogens (tertiary/aromatic N) is 1. The highest BCUT2D eigenvalue weighted by molar-refractivity contribution is 5.86. The second-order valence-corrected chi connectivity index (χ2v) is 11.1. The van der Waals surface area contributed by atoms with Crippen molar-refractivity contribution < 1.29 is 0 Å². The molecule has 3 aromatic rings. The van der Waals surface area contributed by atoms with Crippen LogP contribution in [-0.2, 0) is 0 Å². The first-order valence-corrected chi connectivity index (χ1v) is 17.1. The molecule has 4 rings (SSSR count). The molecule has 0 fully saturated rings. The number of allylic oxidation sites excluding steroid dienone is 15. The van der Waals surface area contributed by atoms with Gasteiger partial charge in [-0.2, -0.15) is 0 Å². The van der Waals surface area contributed by atoms with Crippen molar-refractivity contribution in [3.8, 4) is 0 Å². The molecule has 0 amide bonds. The average molecular weight is 612 g/mol. The van der Waals surface area contributed by atoms with E-state index in [9.17, 15) is 0 Å². The third-order valence-corrected chi connectivity index (χ3v) is 8.09. The lowest BCUT2D eigenvalue weighted by Crippen LogP contribution is -2.28. The van der Waals surface area contributed by atoms with Crippen molar-refractivity contribution >= 4 is 28.8 Å². The monoisotopic (exact) mass is 611 g/mol. The number of rotatable bonds is 9. The first-order valence-electron chi connectivity index (χ1n) is 17.1. The van der Waals surface area contributed by atoms with Crippen LogP contribution in [0.5, 0.6) is 0 Å². The molecule has 1 aromatic heterocycles. The summed E-state index contributed by atoms with van der Waals surface area (Å²) < 4.78 is 2.39. The molecule has 1 nitrogen and oxygen atoms in total. The number of benzene rings is 2. The van der Waals surface area contributed by atoms with Crippen molar-refractivity contribution in [1.82, 2.24) is 4.57 Å². The Labute approximate surface area is 280 Å². The summed E-state index contributed by atoms with van der Waals surface area (Å²) in [6.45, 7) is 25.6. The smallest absolute Gasteiger partial charge is 0.0537 e. The van der Waals surface area contributed by atoms with Crippen molar-refractivity contribution in [2.45, 2.75) is 88.0 Å². The maximum absolute atomic E-state index is 4.51. The predicted octanol–water partition coefficient (Wildman–Crippen LogP) is 12.2. The lowest BCUT2D eigenvalue weighted by molar-refractivity contribution is 0.961. The molecule has 1 heterocycles. The molecule has 242 valence electrons. The van der Waals surface area contributed by atoms with Gasteiger partial charge in [-0.05, 0) is 93.4 Å². The molecule has 1 atom stereocenters. The third-order valence-electron chi connectivity index (χ3n) is 8.09. The van der Waals surface area contributed by atoms with Gasteiger partial charge in [-0.3, -0.25) is 0 Å². The molecule has 0 N–H and O–H groups in total. The van der Waals surface area contributed by atoms with Gasteiger partial charge in [-0.25, -0.2) is 0 Å². The lowest BCUT2D eigenvalue weighted by Gasteiger charge is -2.10. The Kier molecular flexibility index (Phi) is 16.4. The second kappa shape index (κ2) is 19.9. The van der Waals surface area contributed by atoms with Crippen LogP contribution in [0.15, 0.2) is 144 Å². The molecule has 46 heavy (non-hydrogen) atoms. The van der Waals surface area contributed by atoms with Crippen LogP contribution < -0.4 is 10.6 Å². The minimum Gasteiger partial charge on any atom is -0.314 e. The van der Waals surface area contributed by atoms with Gasteiger partial charge in [0.15, 0.2) is 0 Å². The molecule has 1 aliphatic rings. The van der Waals surface area contributed by atoms with Crippen LogP contribution in [0.25, 0.3) is 28.8 Å². The summed E-state index contributed by atoms with van der Waals surface area (Å²) >= 11 is 0. The van der Waals surface area contributed by atoms with E-state index in [1.54, 1.807) is 0 Å². The summed E-state index contributed by atoms with van der Waals surface area (Å²) in [7, 11) is 0. The molecule has 0 aliphatic heterocycles. The number of hydrogen-bond donors (Lipinski definition) is 0. The van der Waals surface area contributed by atoms with Crippen LogP contribution in [0, 0.1) is 0 Å². The van der Waals surface area contributed by atoms with E-state index >= 15 is 0 Å². The van der Waals surface area contributed by atoms with Gasteiger partial charge in [-0.1, -0.05) is 156 Å². The quantitative estimate of drug-likeness (QED) is 0.168. The summed E-state index contributed by atoms with van der Waals surface area (Å²) in [5.74, 6) is 0.397. The Bertz CT molecular complexity index is 1770. The maximum atomic E-state index is 4.51. The highest BCUT2D eigenvalue weighted by Crippen LogP contribution is 2.25. The standard InChI is InChI=1S/C41H45N.2C2H6/c1-8-35(37-25-15-10-12-21-31(37)4)28-32(5)33(6)29-39-38-26-18-19-27-41(38)42(40(39)9-2)34(7)22-17-16-20-30(3)36-23-13-11-14-24-36;2*1-2/h8-16,18-20,22-30H,6,17,21H2,1-5,7H3;2*1-2H3/b20-16-,32-28+,34-22+,35-8-,39-29-,40-9+;;. The lowest BCUT2D eigenvalue weighted by atomic mass is 9.95. The summed E-state index contributed by atoms with van der Waals surface area (Å²) in [6.07, 6.45) is 26.4. The van der Waals surface area contributed by atoms with E-state index in [1.807, 2.05) is 27.7 Å². The molecule has 0 spiro atoms. The number of fused-ring (bicyclic) bond motifs is 1. The van der Waals surface area contributed by atoms with Crippen molar-refractivity contribution in [1.29, 1.82) is 0 Å². The van der Waals surface area contributed by atoms with Gasteiger partial charge in [0.05, 0.1) is 5.52 Å². The van der Waals surface area contributed by atoms with Gasteiger partial charge in [0.25, 0.3) is 0 Å². The van der Waals surface area contributed by atoms with Gasteiger partial charge in [-0.15, -0.1) is 0 Å². The zero-order valence-corrected chi connectivity index (χ0v) is 30.2. The molecular weight excluding hydrogens is 555 g/mol. The summed E-state index contributed by atoms with van der Waals surface area (Å²) in [5.41, 5.74) is 9.87. The normalized spacial score (nSPS) is 15.5. The van der Waals surface area contributed by atoms with Crippen molar-refractivity contribution in [3.63, 3.8) is 0 Å². The summed E-state index contributed by atoms with van der Waals surface area (Å²) in [5, 5.41) is 3.65. The molecule has 0 saturated heterocycles. The Balaban J connectivity index is 0.00000177. The van der Waals surface area contributed by atoms with Gasteiger partial charge in [0, 0.05) is 21.7 Å². The zero-order valence-electron chi connectivity index (χ0n) is 30.2. The summed E-state index contributed by atoms with van der Waals surface area (Å²) in [6, 6.07) is 19.4. The fourth-order valence-corrected chi connectivity index (χ4v) is 5.58. The number of aromatic nitrogens is 1. The Morgan fingerprint density at radius 3 is 2.28 bits per heavy atom. The van der Waals surface area contributed by atoms with Crippen molar-refractivity contribution in [2.75, 3.05) is 0 Å². The van der Waals surface area contributed by atoms with Crippen molar-refractivity contribution in [3.05, 3.63) is 160 Å². The van der Waals surface area contributed by atoms with E-state index < -0.39 is 0 Å². The van der Waals surface area contributed by atoms with E-state index in [-0.39, 0.29) is 0 Å². The van der Waals surface area contributed by atoms with Gasteiger partial charge < -0.3 is 4.57 Å². The van der Waals surface area contributed by atoms with Crippen LogP contribution in [0.1, 0.15) is 93.6 Å². The first kappa shape index (κ1) is 37.8. The van der Waals surface area contributed by atoms with E-state index in [4.69, 9.17) is 0 Å². The molecule has 2 aromatic carbocycles. The van der Waals surface area contributed by atoms with Crippen LogP contribution in [0.2, 0.25) is 0 Å². The van der Waals surface area contributed by atoms with E-state index in [1.165, 1.54) is 49.5 Å². The predicted molar refractivity (Wildman–Crippen MR) is 209 cm³/mol. The minimum absolute atomic E-state index is 0.397. The second-order valence-electron chi connectivity index (χ2n) is 11.1. The molecule has 0 saturated carbocycles. The van der Waals surface area contributed by atoms with Crippen LogP contribution >= 0.6 is 0 Å². The highest BCUT2D eigenvalue weighted by atomic mass is 15.0. The van der Waals surface area contributed by atoms with Gasteiger partial charge in [0.2, 0.25) is 0 Å². The fourth-order valence-electron chi connectivity index (χ4n) is 5.58. The van der Waals surface area contributed by atoms with E-state index in [2.05, 4.69) is 174 Å². The van der Waals surface area contributed by atoms with E-state index in [0.29, 0.717) is 5.92 Å². The fraction of sp³-hybridized carbons (Fsp3) is 0.289. The Morgan fingerprint density at radius 2 is 1.61 bits per heavy atom. The first-order chi connectivity index (χ1) is 22.3. The number of hydrogen-bond acceptors (Lipinski definition) is 0. The van der Waals surface area contributed by atoms with Crippen LogP contribution in [-0.4, -0.2) is 4.57 Å². The zero-order chi connectivity index (χ0) is 34.1. The topological polar surface area (TPSA) is 4.93 Å². The van der Waals surface area contributed by atoms with Crippen LogP contribution in [0.3, 0.4) is 0 Å². The molecular formula is C45H57N. The Hall–Kier alpha value is -4.36. The van der Waals surface area contributed by atoms with Gasteiger partial charge >= 0.3 is 0 Å². The number of para-hydroxylation sites is 1. The average Bonchev–Trinajstić information content (AvgIpc) is 3.25. The molecule has 0 bridgehead atoms. The third kappa shape index (κ3) is 9.82. The SMILES string of the molecule is C=C(/C=c1\c(=C/C)n(/C(C)=C/C/C=C\C(C)c2ccccc2)c2ccccc12)/C(C)=C/C(=C/C)C1=C(C)CC=CC=C1.CC.CC. The van der Waals surface area contributed by atoms with Gasteiger partial charge in [0.1, 0.15) is 0 Å². The molecule has 1 heteroatoms. The van der Waals surface area contributed by atoms with E-state index in [0.717, 1.165) is 24.0 Å². The molecule has 1 aliphatic carbocycles. The minimum atomic E-state index is 0.397. The van der Waals surface area contributed by atoms with Crippen LogP contribution in [0.4, 0.5) is 0 Å². The Morgan fingerprint density at radius 1 is 0.935 bits per heavy atom.